The van der Waals surface area contributed by atoms with E-state index in [9.17, 15) is 18.0 Å². The number of carboxylic acids is 1. The van der Waals surface area contributed by atoms with Crippen molar-refractivity contribution in [1.29, 1.82) is 0 Å². The molecule has 1 amide bonds. The van der Waals surface area contributed by atoms with E-state index in [1.807, 2.05) is 0 Å². The zero-order valence-electron chi connectivity index (χ0n) is 11.8. The molecule has 1 aromatic rings. The van der Waals surface area contributed by atoms with E-state index in [0.29, 0.717) is 24.0 Å². The minimum Gasteiger partial charge on any atom is -0.481 e. The number of nitrogens with one attached hydrogen (secondary N) is 1. The van der Waals surface area contributed by atoms with Crippen LogP contribution in [0.1, 0.15) is 28.8 Å². The fourth-order valence-corrected chi connectivity index (χ4v) is 2.92. The first-order valence-corrected chi connectivity index (χ1v) is 8.42. The van der Waals surface area contributed by atoms with E-state index >= 15 is 0 Å². The van der Waals surface area contributed by atoms with Crippen LogP contribution in [0.2, 0.25) is 0 Å². The topological polar surface area (TPSA) is 101 Å². The summed E-state index contributed by atoms with van der Waals surface area (Å²) in [7, 11) is -3.37. The van der Waals surface area contributed by atoms with Crippen molar-refractivity contribution >= 4 is 21.7 Å². The number of sulfone groups is 1. The van der Waals surface area contributed by atoms with Crippen molar-refractivity contribution < 1.29 is 23.1 Å². The van der Waals surface area contributed by atoms with Crippen molar-refractivity contribution in [2.24, 2.45) is 5.92 Å². The molecule has 0 atom stereocenters. The van der Waals surface area contributed by atoms with E-state index in [2.05, 4.69) is 5.32 Å². The third-order valence-corrected chi connectivity index (χ3v) is 4.81. The lowest BCUT2D eigenvalue weighted by Gasteiger charge is -2.33. The van der Waals surface area contributed by atoms with Crippen molar-refractivity contribution in [3.8, 4) is 0 Å². The Balaban J connectivity index is 2.11. The smallest absolute Gasteiger partial charge is 0.306 e. The van der Waals surface area contributed by atoms with Gasteiger partial charge in [-0.3, -0.25) is 9.59 Å². The van der Waals surface area contributed by atoms with Crippen molar-refractivity contribution in [2.75, 3.05) is 6.26 Å². The third-order valence-electron chi connectivity index (χ3n) is 3.70. The summed E-state index contributed by atoms with van der Waals surface area (Å²) in [6.07, 6.45) is 1.90. The van der Waals surface area contributed by atoms with Crippen molar-refractivity contribution in [3.05, 3.63) is 29.3 Å². The van der Waals surface area contributed by atoms with Gasteiger partial charge in [0.15, 0.2) is 9.84 Å². The van der Waals surface area contributed by atoms with E-state index in [1.165, 1.54) is 12.1 Å². The molecule has 0 spiro atoms. The molecule has 2 N–H and O–H groups in total. The molecule has 0 aromatic heterocycles. The molecule has 114 valence electrons. The highest BCUT2D eigenvalue weighted by Gasteiger charge is 2.35. The number of hydrogen-bond donors (Lipinski definition) is 2. The van der Waals surface area contributed by atoms with Gasteiger partial charge in [-0.15, -0.1) is 0 Å². The van der Waals surface area contributed by atoms with Crippen LogP contribution < -0.4 is 5.32 Å². The van der Waals surface area contributed by atoms with E-state index in [1.54, 1.807) is 13.0 Å². The number of carbonyl (C=O) groups excluding carboxylic acids is 1. The van der Waals surface area contributed by atoms with Crippen LogP contribution in [-0.4, -0.2) is 37.7 Å². The van der Waals surface area contributed by atoms with Crippen molar-refractivity contribution in [2.45, 2.75) is 30.7 Å². The Bertz CT molecular complexity index is 689. The number of benzene rings is 1. The summed E-state index contributed by atoms with van der Waals surface area (Å²) in [6.45, 7) is 1.72. The van der Waals surface area contributed by atoms with Crippen LogP contribution in [0.25, 0.3) is 0 Å². The highest BCUT2D eigenvalue weighted by molar-refractivity contribution is 7.90. The Morgan fingerprint density at radius 3 is 2.43 bits per heavy atom. The lowest BCUT2D eigenvalue weighted by atomic mass is 9.80. The maximum absolute atomic E-state index is 12.2. The van der Waals surface area contributed by atoms with Crippen LogP contribution in [0.15, 0.2) is 23.1 Å². The van der Waals surface area contributed by atoms with Gasteiger partial charge in [0, 0.05) is 17.9 Å². The highest BCUT2D eigenvalue weighted by Crippen LogP contribution is 2.28. The zero-order valence-corrected chi connectivity index (χ0v) is 12.6. The van der Waals surface area contributed by atoms with Crippen LogP contribution in [0.5, 0.6) is 0 Å². The summed E-state index contributed by atoms with van der Waals surface area (Å²) in [6, 6.07) is 4.24. The average molecular weight is 311 g/mol. The van der Waals surface area contributed by atoms with Gasteiger partial charge in [0.1, 0.15) is 0 Å². The molecule has 2 rings (SSSR count). The van der Waals surface area contributed by atoms with Crippen molar-refractivity contribution in [3.63, 3.8) is 0 Å². The van der Waals surface area contributed by atoms with E-state index in [-0.39, 0.29) is 16.8 Å². The quantitative estimate of drug-likeness (QED) is 0.863. The molecular formula is C14H17NO5S. The third kappa shape index (κ3) is 3.41. The molecule has 7 heteroatoms. The molecule has 1 saturated carbocycles. The molecule has 0 heterocycles. The fraction of sp³-hybridized carbons (Fsp3) is 0.429. The van der Waals surface area contributed by atoms with Gasteiger partial charge in [-0.25, -0.2) is 8.42 Å². The maximum Gasteiger partial charge on any atom is 0.306 e. The molecule has 0 bridgehead atoms. The SMILES string of the molecule is Cc1ccc(S(C)(=O)=O)cc1C(=O)NC1CC(C(=O)O)C1. The number of hydrogen-bond acceptors (Lipinski definition) is 4. The second kappa shape index (κ2) is 5.48. The predicted molar refractivity (Wildman–Crippen MR) is 75.9 cm³/mol. The molecule has 1 aliphatic carbocycles. The van der Waals surface area contributed by atoms with Crippen LogP contribution in [0, 0.1) is 12.8 Å². The lowest BCUT2D eigenvalue weighted by molar-refractivity contribution is -0.145. The molecule has 1 aromatic carbocycles. The van der Waals surface area contributed by atoms with Gasteiger partial charge in [0.2, 0.25) is 0 Å². The molecule has 6 nitrogen and oxygen atoms in total. The largest absolute Gasteiger partial charge is 0.481 e. The first kappa shape index (κ1) is 15.5. The van der Waals surface area contributed by atoms with Gasteiger partial charge in [-0.05, 0) is 37.5 Å². The van der Waals surface area contributed by atoms with Gasteiger partial charge in [0.05, 0.1) is 10.8 Å². The Morgan fingerprint density at radius 1 is 1.29 bits per heavy atom. The molecule has 0 saturated heterocycles. The van der Waals surface area contributed by atoms with E-state index < -0.39 is 21.7 Å². The lowest BCUT2D eigenvalue weighted by Crippen LogP contribution is -2.46. The summed E-state index contributed by atoms with van der Waals surface area (Å²) < 4.78 is 23.1. The number of aliphatic carboxylic acids is 1. The summed E-state index contributed by atoms with van der Waals surface area (Å²) in [5.74, 6) is -1.62. The monoisotopic (exact) mass is 311 g/mol. The molecule has 1 aliphatic rings. The first-order chi connectivity index (χ1) is 9.68. The van der Waals surface area contributed by atoms with Crippen LogP contribution >= 0.6 is 0 Å². The van der Waals surface area contributed by atoms with Crippen LogP contribution in [0.3, 0.4) is 0 Å². The fourth-order valence-electron chi connectivity index (χ4n) is 2.28. The second-order valence-corrected chi connectivity index (χ2v) is 7.44. The van der Waals surface area contributed by atoms with E-state index in [0.717, 1.165) is 6.26 Å². The molecule has 0 radical (unpaired) electrons. The average Bonchev–Trinajstić information content (AvgIpc) is 2.31. The Labute approximate surface area is 123 Å². The molecule has 0 unspecified atom stereocenters. The molecule has 1 fully saturated rings. The normalized spacial score (nSPS) is 21.4. The van der Waals surface area contributed by atoms with E-state index in [4.69, 9.17) is 5.11 Å². The number of amides is 1. The molecule has 0 aliphatic heterocycles. The summed E-state index contributed by atoms with van der Waals surface area (Å²) in [4.78, 5) is 23.0. The van der Waals surface area contributed by atoms with Crippen LogP contribution in [-0.2, 0) is 14.6 Å². The van der Waals surface area contributed by atoms with Gasteiger partial charge in [-0.2, -0.15) is 0 Å². The van der Waals surface area contributed by atoms with Gasteiger partial charge in [-0.1, -0.05) is 6.07 Å². The summed E-state index contributed by atoms with van der Waals surface area (Å²) in [5, 5.41) is 11.5. The molecule has 21 heavy (non-hydrogen) atoms. The highest BCUT2D eigenvalue weighted by atomic mass is 32.2. The van der Waals surface area contributed by atoms with Gasteiger partial charge < -0.3 is 10.4 Å². The standard InChI is InChI=1S/C14H17NO5S/c1-8-3-4-11(21(2,19)20)7-12(8)13(16)15-10-5-9(6-10)14(17)18/h3-4,7,9-10H,5-6H2,1-2H3,(H,15,16)(H,17,18). The molecular weight excluding hydrogens is 294 g/mol. The number of carboxylic acid groups (broad SMARTS) is 1. The Kier molecular flexibility index (Phi) is 4.04. The van der Waals surface area contributed by atoms with Crippen molar-refractivity contribution in [1.82, 2.24) is 5.32 Å². The number of carbonyl (C=O) groups is 2. The first-order valence-electron chi connectivity index (χ1n) is 6.53. The summed E-state index contributed by atoms with van der Waals surface area (Å²) in [5.41, 5.74) is 0.978. The predicted octanol–water partition coefficient (Wildman–Crippen LogP) is 0.992. The number of aryl methyl sites for hydroxylation is 1. The number of rotatable bonds is 4. The maximum atomic E-state index is 12.2. The minimum atomic E-state index is -3.37. The van der Waals surface area contributed by atoms with Gasteiger partial charge in [0.25, 0.3) is 5.91 Å². The van der Waals surface area contributed by atoms with Crippen LogP contribution in [0.4, 0.5) is 0 Å². The minimum absolute atomic E-state index is 0.0928. The second-order valence-electron chi connectivity index (χ2n) is 5.43. The zero-order chi connectivity index (χ0) is 15.8. The summed E-state index contributed by atoms with van der Waals surface area (Å²) >= 11 is 0. The Hall–Kier alpha value is -1.89. The van der Waals surface area contributed by atoms with Gasteiger partial charge >= 0.3 is 5.97 Å². The Morgan fingerprint density at radius 2 is 1.90 bits per heavy atom.